The number of nitrogens with one attached hydrogen (secondary N) is 2. The Kier molecular flexibility index (Phi) is 4.82. The number of hydrogen-bond donors (Lipinski definition) is 2. The van der Waals surface area contributed by atoms with E-state index in [1.807, 2.05) is 26.0 Å². The van der Waals surface area contributed by atoms with Crippen LogP contribution in [-0.4, -0.2) is 23.2 Å². The summed E-state index contributed by atoms with van der Waals surface area (Å²) >= 11 is 6.96. The van der Waals surface area contributed by atoms with Crippen molar-refractivity contribution >= 4 is 45.5 Å². The number of esters is 1. The minimum atomic E-state index is -0.316. The first-order valence-electron chi connectivity index (χ1n) is 7.74. The van der Waals surface area contributed by atoms with E-state index in [-0.39, 0.29) is 5.97 Å². The Hall–Kier alpha value is -1.99. The second-order valence-corrected chi connectivity index (χ2v) is 7.32. The number of ether oxygens (including phenoxy) is 1. The summed E-state index contributed by atoms with van der Waals surface area (Å²) in [4.78, 5) is 17.8. The van der Waals surface area contributed by atoms with Crippen LogP contribution >= 0.6 is 23.6 Å². The summed E-state index contributed by atoms with van der Waals surface area (Å²) in [5, 5.41) is 7.38. The first kappa shape index (κ1) is 16.9. The summed E-state index contributed by atoms with van der Waals surface area (Å²) in [5.41, 5.74) is 3.75. The lowest BCUT2D eigenvalue weighted by molar-refractivity contribution is 0.0601. The summed E-state index contributed by atoms with van der Waals surface area (Å²) in [7, 11) is 1.40. The zero-order valence-corrected chi connectivity index (χ0v) is 15.5. The van der Waals surface area contributed by atoms with E-state index in [0.29, 0.717) is 16.5 Å². The van der Waals surface area contributed by atoms with Crippen LogP contribution in [0.15, 0.2) is 12.1 Å². The molecule has 0 radical (unpaired) electrons. The highest BCUT2D eigenvalue weighted by molar-refractivity contribution is 7.80. The van der Waals surface area contributed by atoms with Gasteiger partial charge in [0.1, 0.15) is 10.8 Å². The van der Waals surface area contributed by atoms with Gasteiger partial charge < -0.3 is 15.4 Å². The quantitative estimate of drug-likeness (QED) is 0.640. The lowest BCUT2D eigenvalue weighted by Crippen LogP contribution is -2.21. The molecule has 2 heterocycles. The molecule has 24 heavy (non-hydrogen) atoms. The topological polar surface area (TPSA) is 63.2 Å². The number of anilines is 2. The number of rotatable bonds is 3. The number of aryl methyl sites for hydroxylation is 3. The van der Waals surface area contributed by atoms with Gasteiger partial charge in [-0.05, 0) is 68.6 Å². The highest BCUT2D eigenvalue weighted by atomic mass is 32.1. The van der Waals surface area contributed by atoms with Crippen molar-refractivity contribution in [3.63, 3.8) is 0 Å². The molecule has 5 nitrogen and oxygen atoms in total. The Labute approximate surface area is 150 Å². The molecule has 0 unspecified atom stereocenters. The molecule has 0 aromatic carbocycles. The van der Waals surface area contributed by atoms with Crippen LogP contribution in [0, 0.1) is 13.8 Å². The van der Waals surface area contributed by atoms with E-state index in [1.54, 1.807) is 11.3 Å². The molecule has 126 valence electrons. The molecule has 0 atom stereocenters. The number of pyridine rings is 1. The third-order valence-corrected chi connectivity index (χ3v) is 5.29. The summed E-state index contributed by atoms with van der Waals surface area (Å²) < 4.78 is 4.94. The van der Waals surface area contributed by atoms with Gasteiger partial charge in [-0.1, -0.05) is 0 Å². The van der Waals surface area contributed by atoms with Gasteiger partial charge in [0.2, 0.25) is 0 Å². The molecule has 0 fully saturated rings. The molecular weight excluding hydrogens is 342 g/mol. The van der Waals surface area contributed by atoms with E-state index >= 15 is 0 Å². The summed E-state index contributed by atoms with van der Waals surface area (Å²) in [6, 6.07) is 3.93. The lowest BCUT2D eigenvalue weighted by atomic mass is 10.1. The number of thiocarbonyl (C=S) groups is 1. The van der Waals surface area contributed by atoms with Gasteiger partial charge in [-0.25, -0.2) is 9.78 Å². The molecule has 0 spiro atoms. The Morgan fingerprint density at radius 3 is 2.79 bits per heavy atom. The fourth-order valence-corrected chi connectivity index (χ4v) is 4.52. The SMILES string of the molecule is COC(=O)c1c(NC(=S)Nc2cc(C)cc(C)n2)sc2c1CCC2. The van der Waals surface area contributed by atoms with Crippen LogP contribution in [0.4, 0.5) is 10.8 Å². The van der Waals surface area contributed by atoms with Gasteiger partial charge in [-0.2, -0.15) is 0 Å². The highest BCUT2D eigenvalue weighted by Gasteiger charge is 2.27. The van der Waals surface area contributed by atoms with Gasteiger partial charge in [-0.15, -0.1) is 11.3 Å². The molecule has 1 aliphatic carbocycles. The van der Waals surface area contributed by atoms with Crippen LogP contribution < -0.4 is 10.6 Å². The normalized spacial score (nSPS) is 12.6. The fraction of sp³-hybridized carbons (Fsp3) is 0.353. The number of hydrogen-bond acceptors (Lipinski definition) is 5. The second-order valence-electron chi connectivity index (χ2n) is 5.80. The first-order chi connectivity index (χ1) is 11.5. The molecule has 7 heteroatoms. The number of aromatic nitrogens is 1. The molecular formula is C17H19N3O2S2. The monoisotopic (exact) mass is 361 g/mol. The van der Waals surface area contributed by atoms with Crippen molar-refractivity contribution in [1.82, 2.24) is 4.98 Å². The average molecular weight is 361 g/mol. The van der Waals surface area contributed by atoms with E-state index in [1.165, 1.54) is 12.0 Å². The molecule has 0 saturated carbocycles. The van der Waals surface area contributed by atoms with Crippen molar-refractivity contribution in [2.45, 2.75) is 33.1 Å². The highest BCUT2D eigenvalue weighted by Crippen LogP contribution is 2.39. The maximum absolute atomic E-state index is 12.2. The first-order valence-corrected chi connectivity index (χ1v) is 8.96. The van der Waals surface area contributed by atoms with Gasteiger partial charge in [0, 0.05) is 10.6 Å². The average Bonchev–Trinajstić information content (AvgIpc) is 3.05. The molecule has 2 aromatic rings. The lowest BCUT2D eigenvalue weighted by Gasteiger charge is -2.11. The maximum atomic E-state index is 12.2. The van der Waals surface area contributed by atoms with Gasteiger partial charge in [0.05, 0.1) is 12.7 Å². The van der Waals surface area contributed by atoms with Crippen LogP contribution in [0.2, 0.25) is 0 Å². The maximum Gasteiger partial charge on any atom is 0.341 e. The molecule has 0 aliphatic heterocycles. The Balaban J connectivity index is 1.81. The minimum absolute atomic E-state index is 0.316. The fourth-order valence-electron chi connectivity index (χ4n) is 2.97. The Bertz CT molecular complexity index is 794. The van der Waals surface area contributed by atoms with Crippen LogP contribution in [-0.2, 0) is 17.6 Å². The Morgan fingerprint density at radius 2 is 2.08 bits per heavy atom. The number of fused-ring (bicyclic) bond motifs is 1. The Morgan fingerprint density at radius 1 is 1.29 bits per heavy atom. The second kappa shape index (κ2) is 6.86. The smallest absolute Gasteiger partial charge is 0.341 e. The predicted octanol–water partition coefficient (Wildman–Crippen LogP) is 3.84. The number of carbonyl (C=O) groups excluding carboxylic acids is 1. The number of methoxy groups -OCH3 is 1. The third-order valence-electron chi connectivity index (χ3n) is 3.88. The zero-order valence-electron chi connectivity index (χ0n) is 13.9. The molecule has 0 amide bonds. The van der Waals surface area contributed by atoms with Crippen LogP contribution in [0.25, 0.3) is 0 Å². The van der Waals surface area contributed by atoms with Crippen molar-refractivity contribution in [1.29, 1.82) is 0 Å². The van der Waals surface area contributed by atoms with Gasteiger partial charge >= 0.3 is 5.97 Å². The van der Waals surface area contributed by atoms with Crippen LogP contribution in [0.1, 0.15) is 38.5 Å². The van der Waals surface area contributed by atoms with E-state index in [2.05, 4.69) is 15.6 Å². The largest absolute Gasteiger partial charge is 0.465 e. The summed E-state index contributed by atoms with van der Waals surface area (Å²) in [6.07, 6.45) is 3.00. The van der Waals surface area contributed by atoms with Crippen molar-refractivity contribution in [2.24, 2.45) is 0 Å². The minimum Gasteiger partial charge on any atom is -0.465 e. The number of thiophene rings is 1. The third kappa shape index (κ3) is 3.42. The summed E-state index contributed by atoms with van der Waals surface area (Å²) in [5.74, 6) is 0.373. The van der Waals surface area contributed by atoms with Crippen molar-refractivity contribution in [3.05, 3.63) is 39.4 Å². The van der Waals surface area contributed by atoms with Gasteiger partial charge in [0.25, 0.3) is 0 Å². The van der Waals surface area contributed by atoms with Gasteiger partial charge in [-0.3, -0.25) is 0 Å². The molecule has 3 rings (SSSR count). The molecule has 2 N–H and O–H groups in total. The number of carbonyl (C=O) groups is 1. The molecule has 0 saturated heterocycles. The number of nitrogens with zero attached hydrogens (tertiary/aromatic N) is 1. The van der Waals surface area contributed by atoms with Crippen LogP contribution in [0.5, 0.6) is 0 Å². The molecule has 1 aliphatic rings. The van der Waals surface area contributed by atoms with Crippen molar-refractivity contribution < 1.29 is 9.53 Å². The van der Waals surface area contributed by atoms with Crippen molar-refractivity contribution in [2.75, 3.05) is 17.7 Å². The van der Waals surface area contributed by atoms with E-state index in [0.717, 1.165) is 41.1 Å². The predicted molar refractivity (Wildman–Crippen MR) is 101 cm³/mol. The van der Waals surface area contributed by atoms with Crippen LogP contribution in [0.3, 0.4) is 0 Å². The van der Waals surface area contributed by atoms with Crippen molar-refractivity contribution in [3.8, 4) is 0 Å². The van der Waals surface area contributed by atoms with E-state index < -0.39 is 0 Å². The molecule has 0 bridgehead atoms. The molecule has 2 aromatic heterocycles. The van der Waals surface area contributed by atoms with Gasteiger partial charge in [0.15, 0.2) is 5.11 Å². The van der Waals surface area contributed by atoms with E-state index in [4.69, 9.17) is 17.0 Å². The standard InChI is InChI=1S/C17H19N3O2S2/c1-9-7-10(2)18-13(8-9)19-17(23)20-15-14(16(21)22-3)11-5-4-6-12(11)24-15/h7-8H,4-6H2,1-3H3,(H2,18,19,20,23). The van der Waals surface area contributed by atoms with E-state index in [9.17, 15) is 4.79 Å². The summed E-state index contributed by atoms with van der Waals surface area (Å²) in [6.45, 7) is 3.95. The zero-order chi connectivity index (χ0) is 17.3.